The minimum absolute atomic E-state index is 0.794. The lowest BCUT2D eigenvalue weighted by atomic mass is 10.1. The number of rotatable bonds is 7. The van der Waals surface area contributed by atoms with Crippen LogP contribution in [0.3, 0.4) is 0 Å². The maximum Gasteiger partial charge on any atom is 0.0412 e. The minimum Gasteiger partial charge on any atom is -0.399 e. The highest BCUT2D eigenvalue weighted by Crippen LogP contribution is 2.27. The molecule has 21 heavy (non-hydrogen) atoms. The van der Waals surface area contributed by atoms with E-state index in [1.807, 2.05) is 24.3 Å². The first-order chi connectivity index (χ1) is 10.2. The van der Waals surface area contributed by atoms with Crippen molar-refractivity contribution in [1.82, 2.24) is 0 Å². The molecular weight excluding hydrogens is 258 g/mol. The normalized spacial score (nSPS) is 10.5. The molecule has 0 unspecified atom stereocenters. The third-order valence-corrected chi connectivity index (χ3v) is 3.64. The number of nitrogen functional groups attached to an aromatic ring is 2. The molecule has 0 amide bonds. The van der Waals surface area contributed by atoms with Gasteiger partial charge in [-0.05, 0) is 55.0 Å². The highest BCUT2D eigenvalue weighted by atomic mass is 15.1. The van der Waals surface area contributed by atoms with Crippen LogP contribution in [0.15, 0.2) is 48.5 Å². The van der Waals surface area contributed by atoms with Gasteiger partial charge in [0.1, 0.15) is 0 Å². The molecule has 2 rings (SSSR count). The molecule has 0 saturated carbocycles. The summed E-state index contributed by atoms with van der Waals surface area (Å²) in [5.74, 6) is 0. The average molecular weight is 283 g/mol. The molecule has 0 atom stereocenters. The van der Waals surface area contributed by atoms with Crippen molar-refractivity contribution in [3.63, 3.8) is 0 Å². The van der Waals surface area contributed by atoms with E-state index in [0.717, 1.165) is 17.9 Å². The van der Waals surface area contributed by atoms with Crippen LogP contribution in [-0.4, -0.2) is 6.54 Å². The van der Waals surface area contributed by atoms with Crippen molar-refractivity contribution in [2.45, 2.75) is 32.6 Å². The van der Waals surface area contributed by atoms with Crippen molar-refractivity contribution >= 4 is 22.7 Å². The Morgan fingerprint density at radius 2 is 1.19 bits per heavy atom. The summed E-state index contributed by atoms with van der Waals surface area (Å²) in [6, 6.07) is 16.1. The van der Waals surface area contributed by atoms with E-state index in [2.05, 4.69) is 36.1 Å². The van der Waals surface area contributed by atoms with Crippen LogP contribution in [0.4, 0.5) is 22.7 Å². The molecule has 0 heterocycles. The maximum absolute atomic E-state index is 5.79. The van der Waals surface area contributed by atoms with E-state index in [9.17, 15) is 0 Å². The average Bonchev–Trinajstić information content (AvgIpc) is 2.50. The van der Waals surface area contributed by atoms with Gasteiger partial charge in [-0.15, -0.1) is 0 Å². The molecule has 3 nitrogen and oxygen atoms in total. The summed E-state index contributed by atoms with van der Waals surface area (Å²) in [5.41, 5.74) is 15.5. The van der Waals surface area contributed by atoms with Gasteiger partial charge < -0.3 is 16.4 Å². The molecule has 0 bridgehead atoms. The summed E-state index contributed by atoms with van der Waals surface area (Å²) >= 11 is 0. The van der Waals surface area contributed by atoms with Crippen LogP contribution in [0.5, 0.6) is 0 Å². The lowest BCUT2D eigenvalue weighted by Gasteiger charge is -2.25. The van der Waals surface area contributed by atoms with Gasteiger partial charge in [-0.1, -0.05) is 26.2 Å². The van der Waals surface area contributed by atoms with E-state index < -0.39 is 0 Å². The Hall–Kier alpha value is -2.16. The third-order valence-electron chi connectivity index (χ3n) is 3.64. The number of nitrogens with zero attached hydrogens (tertiary/aromatic N) is 1. The maximum atomic E-state index is 5.79. The van der Waals surface area contributed by atoms with Crippen LogP contribution < -0.4 is 16.4 Å². The van der Waals surface area contributed by atoms with Gasteiger partial charge in [-0.2, -0.15) is 0 Å². The predicted molar refractivity (Wildman–Crippen MR) is 92.9 cm³/mol. The fourth-order valence-electron chi connectivity index (χ4n) is 2.41. The second-order valence-corrected chi connectivity index (χ2v) is 5.40. The Balaban J connectivity index is 2.17. The summed E-state index contributed by atoms with van der Waals surface area (Å²) in [6.07, 6.45) is 4.99. The molecule has 112 valence electrons. The lowest BCUT2D eigenvalue weighted by Crippen LogP contribution is -2.18. The molecule has 2 aromatic rings. The van der Waals surface area contributed by atoms with Gasteiger partial charge in [0.2, 0.25) is 0 Å². The van der Waals surface area contributed by atoms with E-state index >= 15 is 0 Å². The van der Waals surface area contributed by atoms with Gasteiger partial charge in [0.05, 0.1) is 0 Å². The highest BCUT2D eigenvalue weighted by Gasteiger charge is 2.08. The molecule has 0 aliphatic rings. The molecule has 2 aromatic carbocycles. The number of hydrogen-bond acceptors (Lipinski definition) is 3. The quantitative estimate of drug-likeness (QED) is 0.578. The Bertz CT molecular complexity index is 486. The lowest BCUT2D eigenvalue weighted by molar-refractivity contribution is 0.668. The predicted octanol–water partition coefficient (Wildman–Crippen LogP) is 4.57. The van der Waals surface area contributed by atoms with Gasteiger partial charge in [-0.25, -0.2) is 0 Å². The van der Waals surface area contributed by atoms with Crippen molar-refractivity contribution in [3.8, 4) is 0 Å². The molecule has 0 aliphatic heterocycles. The SMILES string of the molecule is CCCCCCN(c1ccc(N)cc1)c1ccc(N)cc1. The van der Waals surface area contributed by atoms with Crippen LogP contribution in [0, 0.1) is 0 Å². The zero-order valence-electron chi connectivity index (χ0n) is 12.8. The van der Waals surface area contributed by atoms with E-state index in [0.29, 0.717) is 0 Å². The summed E-state index contributed by atoms with van der Waals surface area (Å²) in [5, 5.41) is 0. The summed E-state index contributed by atoms with van der Waals surface area (Å²) in [7, 11) is 0. The van der Waals surface area contributed by atoms with Crippen LogP contribution in [-0.2, 0) is 0 Å². The Morgan fingerprint density at radius 1 is 0.714 bits per heavy atom. The second kappa shape index (κ2) is 7.58. The van der Waals surface area contributed by atoms with E-state index in [-0.39, 0.29) is 0 Å². The summed E-state index contributed by atoms with van der Waals surface area (Å²) in [6.45, 7) is 3.24. The molecule has 3 heteroatoms. The molecule has 0 aromatic heterocycles. The monoisotopic (exact) mass is 283 g/mol. The molecule has 0 radical (unpaired) electrons. The van der Waals surface area contributed by atoms with E-state index in [1.54, 1.807) is 0 Å². The summed E-state index contributed by atoms with van der Waals surface area (Å²) in [4.78, 5) is 2.33. The number of hydrogen-bond donors (Lipinski definition) is 2. The molecule has 4 N–H and O–H groups in total. The number of benzene rings is 2. The minimum atomic E-state index is 0.794. The third kappa shape index (κ3) is 4.42. The zero-order chi connectivity index (χ0) is 15.1. The van der Waals surface area contributed by atoms with Crippen molar-refractivity contribution in [1.29, 1.82) is 0 Å². The molecule has 0 saturated heterocycles. The van der Waals surface area contributed by atoms with Gasteiger partial charge in [0.15, 0.2) is 0 Å². The smallest absolute Gasteiger partial charge is 0.0412 e. The molecule has 0 spiro atoms. The van der Waals surface area contributed by atoms with Crippen LogP contribution >= 0.6 is 0 Å². The van der Waals surface area contributed by atoms with Gasteiger partial charge >= 0.3 is 0 Å². The first-order valence-corrected chi connectivity index (χ1v) is 7.69. The van der Waals surface area contributed by atoms with Gasteiger partial charge in [0, 0.05) is 29.3 Å². The molecular formula is C18H25N3. The summed E-state index contributed by atoms with van der Waals surface area (Å²) < 4.78 is 0. The fourth-order valence-corrected chi connectivity index (χ4v) is 2.41. The van der Waals surface area contributed by atoms with Crippen LogP contribution in [0.1, 0.15) is 32.6 Å². The standard InChI is InChI=1S/C18H25N3/c1-2-3-4-5-14-21(17-10-6-15(19)7-11-17)18-12-8-16(20)9-13-18/h6-13H,2-5,14,19-20H2,1H3. The first-order valence-electron chi connectivity index (χ1n) is 7.69. The van der Waals surface area contributed by atoms with Crippen molar-refractivity contribution < 1.29 is 0 Å². The Morgan fingerprint density at radius 3 is 1.62 bits per heavy atom. The topological polar surface area (TPSA) is 55.3 Å². The highest BCUT2D eigenvalue weighted by molar-refractivity contribution is 5.66. The largest absolute Gasteiger partial charge is 0.399 e. The zero-order valence-corrected chi connectivity index (χ0v) is 12.8. The number of unbranched alkanes of at least 4 members (excludes halogenated alkanes) is 3. The number of anilines is 4. The van der Waals surface area contributed by atoms with E-state index in [1.165, 1.54) is 37.1 Å². The number of nitrogens with two attached hydrogens (primary N) is 2. The second-order valence-electron chi connectivity index (χ2n) is 5.40. The van der Waals surface area contributed by atoms with E-state index in [4.69, 9.17) is 11.5 Å². The van der Waals surface area contributed by atoms with Crippen molar-refractivity contribution in [2.75, 3.05) is 22.9 Å². The first kappa shape index (κ1) is 15.2. The van der Waals surface area contributed by atoms with Crippen molar-refractivity contribution in [2.24, 2.45) is 0 Å². The van der Waals surface area contributed by atoms with Crippen molar-refractivity contribution in [3.05, 3.63) is 48.5 Å². The van der Waals surface area contributed by atoms with Crippen LogP contribution in [0.2, 0.25) is 0 Å². The Kier molecular flexibility index (Phi) is 5.50. The Labute approximate surface area is 127 Å². The molecule has 0 fully saturated rings. The molecule has 0 aliphatic carbocycles. The van der Waals surface area contributed by atoms with Crippen LogP contribution in [0.25, 0.3) is 0 Å². The fraction of sp³-hybridized carbons (Fsp3) is 0.333. The van der Waals surface area contributed by atoms with Gasteiger partial charge in [0.25, 0.3) is 0 Å². The van der Waals surface area contributed by atoms with Gasteiger partial charge in [-0.3, -0.25) is 0 Å².